The van der Waals surface area contributed by atoms with Gasteiger partial charge in [0.1, 0.15) is 11.6 Å². The monoisotopic (exact) mass is 261 g/mol. The van der Waals surface area contributed by atoms with E-state index in [2.05, 4.69) is 5.32 Å². The molecule has 96 valence electrons. The predicted molar refractivity (Wildman–Crippen MR) is 67.2 cm³/mol. The largest absolute Gasteiger partial charge is 0.387 e. The molecule has 0 radical (unpaired) electrons. The fourth-order valence-corrected chi connectivity index (χ4v) is 1.72. The van der Waals surface area contributed by atoms with Gasteiger partial charge in [0, 0.05) is 18.3 Å². The second-order valence-electron chi connectivity index (χ2n) is 3.86. The van der Waals surface area contributed by atoms with E-state index in [1.165, 1.54) is 6.07 Å². The Labute approximate surface area is 104 Å². The molecule has 2 N–H and O–H groups in total. The molecule has 0 aromatic heterocycles. The maximum atomic E-state index is 13.3. The number of nitrogens with one attached hydrogen (secondary N) is 1. The van der Waals surface area contributed by atoms with Crippen molar-refractivity contribution in [3.63, 3.8) is 0 Å². The quantitative estimate of drug-likeness (QED) is 0.824. The normalized spacial score (nSPS) is 14.6. The van der Waals surface area contributed by atoms with E-state index in [-0.39, 0.29) is 12.1 Å². The average Bonchev–Trinajstić information content (AvgIpc) is 2.28. The Morgan fingerprint density at radius 1 is 1.29 bits per heavy atom. The summed E-state index contributed by atoms with van der Waals surface area (Å²) in [5.74, 6) is -1.42. The number of thioether (sulfide) groups is 1. The maximum Gasteiger partial charge on any atom is 0.131 e. The molecule has 0 saturated heterocycles. The van der Waals surface area contributed by atoms with Crippen LogP contribution in [0.5, 0.6) is 0 Å². The van der Waals surface area contributed by atoms with Crippen LogP contribution < -0.4 is 5.32 Å². The molecule has 0 bridgehead atoms. The van der Waals surface area contributed by atoms with E-state index in [9.17, 15) is 13.9 Å². The Morgan fingerprint density at radius 2 is 1.88 bits per heavy atom. The lowest BCUT2D eigenvalue weighted by molar-refractivity contribution is 0.165. The lowest BCUT2D eigenvalue weighted by Gasteiger charge is -2.15. The standard InChI is InChI=1S/C12H17F2NOS/c1-8(17-2)6-15-7-11(16)12-9(13)4-3-5-10(12)14/h3-5,8,11,15-16H,6-7H2,1-2H3. The first-order chi connectivity index (χ1) is 8.06. The molecular weight excluding hydrogens is 244 g/mol. The lowest BCUT2D eigenvalue weighted by atomic mass is 10.1. The van der Waals surface area contributed by atoms with Crippen LogP contribution in [0.15, 0.2) is 18.2 Å². The molecular formula is C12H17F2NOS. The number of aliphatic hydroxyl groups is 1. The third kappa shape index (κ3) is 4.26. The SMILES string of the molecule is CSC(C)CNCC(O)c1c(F)cccc1F. The molecule has 2 nitrogen and oxygen atoms in total. The minimum absolute atomic E-state index is 0.142. The highest BCUT2D eigenvalue weighted by Gasteiger charge is 2.17. The molecule has 1 aromatic rings. The molecule has 0 amide bonds. The molecule has 1 rings (SSSR count). The van der Waals surface area contributed by atoms with E-state index in [0.717, 1.165) is 12.1 Å². The van der Waals surface area contributed by atoms with Gasteiger partial charge in [0.15, 0.2) is 0 Å². The van der Waals surface area contributed by atoms with Gasteiger partial charge in [-0.1, -0.05) is 13.0 Å². The van der Waals surface area contributed by atoms with Crippen molar-refractivity contribution in [2.24, 2.45) is 0 Å². The number of halogens is 2. The molecule has 1 aromatic carbocycles. The van der Waals surface area contributed by atoms with Crippen LogP contribution in [0.25, 0.3) is 0 Å². The molecule has 0 fully saturated rings. The summed E-state index contributed by atoms with van der Waals surface area (Å²) in [4.78, 5) is 0. The van der Waals surface area contributed by atoms with Crippen molar-refractivity contribution < 1.29 is 13.9 Å². The van der Waals surface area contributed by atoms with E-state index < -0.39 is 17.7 Å². The molecule has 2 unspecified atom stereocenters. The third-order valence-corrected chi connectivity index (χ3v) is 3.48. The van der Waals surface area contributed by atoms with Crippen LogP contribution in [0.2, 0.25) is 0 Å². The summed E-state index contributed by atoms with van der Waals surface area (Å²) in [6.45, 7) is 2.87. The molecule has 0 aliphatic rings. The molecule has 0 saturated carbocycles. The molecule has 2 atom stereocenters. The van der Waals surface area contributed by atoms with E-state index in [4.69, 9.17) is 0 Å². The molecule has 0 aliphatic carbocycles. The van der Waals surface area contributed by atoms with Crippen molar-refractivity contribution in [1.29, 1.82) is 0 Å². The van der Waals surface area contributed by atoms with Crippen LogP contribution in [-0.4, -0.2) is 29.7 Å². The molecule has 5 heteroatoms. The van der Waals surface area contributed by atoms with Crippen LogP contribution in [0.3, 0.4) is 0 Å². The zero-order chi connectivity index (χ0) is 12.8. The van der Waals surface area contributed by atoms with Gasteiger partial charge in [-0.25, -0.2) is 8.78 Å². The number of rotatable bonds is 6. The van der Waals surface area contributed by atoms with Crippen molar-refractivity contribution in [3.8, 4) is 0 Å². The smallest absolute Gasteiger partial charge is 0.131 e. The first-order valence-corrected chi connectivity index (χ1v) is 6.70. The van der Waals surface area contributed by atoms with Crippen LogP contribution in [0.4, 0.5) is 8.78 Å². The van der Waals surface area contributed by atoms with Gasteiger partial charge in [-0.3, -0.25) is 0 Å². The van der Waals surface area contributed by atoms with Gasteiger partial charge in [-0.05, 0) is 18.4 Å². The predicted octanol–water partition coefficient (Wildman–Crippen LogP) is 2.34. The van der Waals surface area contributed by atoms with E-state index in [1.807, 2.05) is 13.2 Å². The maximum absolute atomic E-state index is 13.3. The fraction of sp³-hybridized carbons (Fsp3) is 0.500. The number of aliphatic hydroxyl groups excluding tert-OH is 1. The number of hydrogen-bond acceptors (Lipinski definition) is 3. The van der Waals surface area contributed by atoms with Crippen molar-refractivity contribution in [3.05, 3.63) is 35.4 Å². The summed E-state index contributed by atoms with van der Waals surface area (Å²) in [5.41, 5.74) is -0.267. The van der Waals surface area contributed by atoms with Crippen LogP contribution in [0, 0.1) is 11.6 Å². The minimum atomic E-state index is -1.16. The van der Waals surface area contributed by atoms with Crippen LogP contribution in [-0.2, 0) is 0 Å². The Balaban J connectivity index is 2.55. The van der Waals surface area contributed by atoms with E-state index >= 15 is 0 Å². The van der Waals surface area contributed by atoms with Crippen molar-refractivity contribution in [1.82, 2.24) is 5.32 Å². The van der Waals surface area contributed by atoms with Crippen molar-refractivity contribution in [2.75, 3.05) is 19.3 Å². The summed E-state index contributed by atoms with van der Waals surface area (Å²) < 4.78 is 26.6. The van der Waals surface area contributed by atoms with Gasteiger partial charge >= 0.3 is 0 Å². The Morgan fingerprint density at radius 3 is 2.41 bits per heavy atom. The van der Waals surface area contributed by atoms with Crippen LogP contribution in [0.1, 0.15) is 18.6 Å². The lowest BCUT2D eigenvalue weighted by Crippen LogP contribution is -2.28. The molecule has 0 heterocycles. The first-order valence-electron chi connectivity index (χ1n) is 5.41. The Kier molecular flexibility index (Phi) is 5.88. The second-order valence-corrected chi connectivity index (χ2v) is 5.13. The van der Waals surface area contributed by atoms with Gasteiger partial charge < -0.3 is 10.4 Å². The Hall–Kier alpha value is -0.650. The summed E-state index contributed by atoms with van der Waals surface area (Å²) >= 11 is 1.69. The highest BCUT2D eigenvalue weighted by atomic mass is 32.2. The van der Waals surface area contributed by atoms with Crippen molar-refractivity contribution in [2.45, 2.75) is 18.3 Å². The first kappa shape index (κ1) is 14.4. The van der Waals surface area contributed by atoms with E-state index in [0.29, 0.717) is 11.8 Å². The highest BCUT2D eigenvalue weighted by Crippen LogP contribution is 2.19. The topological polar surface area (TPSA) is 32.3 Å². The summed E-state index contributed by atoms with van der Waals surface area (Å²) in [6, 6.07) is 3.57. The number of benzene rings is 1. The van der Waals surface area contributed by atoms with Crippen molar-refractivity contribution >= 4 is 11.8 Å². The number of hydrogen-bond donors (Lipinski definition) is 2. The molecule has 0 spiro atoms. The highest BCUT2D eigenvalue weighted by molar-refractivity contribution is 7.99. The van der Waals surface area contributed by atoms with E-state index in [1.54, 1.807) is 11.8 Å². The van der Waals surface area contributed by atoms with Gasteiger partial charge in [-0.15, -0.1) is 0 Å². The zero-order valence-electron chi connectivity index (χ0n) is 9.91. The molecule has 17 heavy (non-hydrogen) atoms. The third-order valence-electron chi connectivity index (χ3n) is 2.50. The van der Waals surface area contributed by atoms with Gasteiger partial charge in [0.05, 0.1) is 11.7 Å². The second kappa shape index (κ2) is 6.93. The van der Waals surface area contributed by atoms with Gasteiger partial charge in [0.25, 0.3) is 0 Å². The van der Waals surface area contributed by atoms with Gasteiger partial charge in [0.2, 0.25) is 0 Å². The zero-order valence-corrected chi connectivity index (χ0v) is 10.7. The minimum Gasteiger partial charge on any atom is -0.387 e. The summed E-state index contributed by atoms with van der Waals surface area (Å²) in [5, 5.41) is 13.1. The summed E-state index contributed by atoms with van der Waals surface area (Å²) in [7, 11) is 0. The van der Waals surface area contributed by atoms with Gasteiger partial charge in [-0.2, -0.15) is 11.8 Å². The van der Waals surface area contributed by atoms with Crippen LogP contribution >= 0.6 is 11.8 Å². The average molecular weight is 261 g/mol. The summed E-state index contributed by atoms with van der Waals surface area (Å²) in [6.07, 6.45) is 0.824. The molecule has 0 aliphatic heterocycles. The fourth-order valence-electron chi connectivity index (χ4n) is 1.44. The Bertz CT molecular complexity index is 342.